The minimum Gasteiger partial charge on any atom is -0.396 e. The lowest BCUT2D eigenvalue weighted by molar-refractivity contribution is -0.0466. The van der Waals surface area contributed by atoms with Crippen molar-refractivity contribution >= 4 is 11.6 Å². The number of benzene rings is 1. The highest BCUT2D eigenvalue weighted by atomic mass is 35.5. The van der Waals surface area contributed by atoms with Crippen LogP contribution in [0.15, 0.2) is 24.3 Å². The summed E-state index contributed by atoms with van der Waals surface area (Å²) in [7, 11) is 0. The lowest BCUT2D eigenvalue weighted by Crippen LogP contribution is -2.26. The lowest BCUT2D eigenvalue weighted by atomic mass is 9.92. The van der Waals surface area contributed by atoms with E-state index < -0.39 is 0 Å². The van der Waals surface area contributed by atoms with Crippen LogP contribution in [0.3, 0.4) is 0 Å². The molecule has 1 aliphatic carbocycles. The Bertz CT molecular complexity index is 451. The van der Waals surface area contributed by atoms with E-state index in [4.69, 9.17) is 16.3 Å². The molecular weight excluding hydrogens is 284 g/mol. The van der Waals surface area contributed by atoms with Crippen LogP contribution in [0.5, 0.6) is 0 Å². The molecule has 1 aromatic carbocycles. The Balaban J connectivity index is 1.54. The first kappa shape index (κ1) is 15.3. The van der Waals surface area contributed by atoms with Gasteiger partial charge in [-0.15, -0.1) is 0 Å². The number of halogens is 1. The molecule has 1 spiro atoms. The van der Waals surface area contributed by atoms with Gasteiger partial charge in [-0.05, 0) is 62.1 Å². The summed E-state index contributed by atoms with van der Waals surface area (Å²) in [6.45, 7) is 0.232. The van der Waals surface area contributed by atoms with Crippen molar-refractivity contribution in [2.45, 2.75) is 63.1 Å². The van der Waals surface area contributed by atoms with E-state index >= 15 is 0 Å². The van der Waals surface area contributed by atoms with Crippen molar-refractivity contribution in [3.8, 4) is 0 Å². The topological polar surface area (TPSA) is 29.5 Å². The van der Waals surface area contributed by atoms with Crippen molar-refractivity contribution in [1.82, 2.24) is 0 Å². The van der Waals surface area contributed by atoms with E-state index in [0.29, 0.717) is 6.10 Å². The monoisotopic (exact) mass is 308 g/mol. The predicted molar refractivity (Wildman–Crippen MR) is 85.7 cm³/mol. The van der Waals surface area contributed by atoms with Gasteiger partial charge in [-0.2, -0.15) is 0 Å². The smallest absolute Gasteiger partial charge is 0.0687 e. The standard InChI is InChI=1S/C18H25ClO2/c19-16-5-3-14(4-6-16)11-15(13-20)12-17-7-10-18(21-17)8-1-2-9-18/h3-6,15,17,20H,1-2,7-13H2. The Kier molecular flexibility index (Phi) is 4.88. The van der Waals surface area contributed by atoms with Crippen molar-refractivity contribution in [3.63, 3.8) is 0 Å². The molecule has 2 unspecified atom stereocenters. The zero-order valence-corrected chi connectivity index (χ0v) is 13.3. The Morgan fingerprint density at radius 1 is 1.19 bits per heavy atom. The molecule has 1 saturated heterocycles. The summed E-state index contributed by atoms with van der Waals surface area (Å²) in [6.07, 6.45) is 9.72. The molecule has 1 aromatic rings. The Hall–Kier alpha value is -0.570. The van der Waals surface area contributed by atoms with Gasteiger partial charge in [-0.25, -0.2) is 0 Å². The third-order valence-corrected chi connectivity index (χ3v) is 5.40. The van der Waals surface area contributed by atoms with Crippen LogP contribution in [0.4, 0.5) is 0 Å². The molecule has 0 amide bonds. The first-order valence-corrected chi connectivity index (χ1v) is 8.60. The number of hydrogen-bond donors (Lipinski definition) is 1. The Labute approximate surface area is 132 Å². The highest BCUT2D eigenvalue weighted by molar-refractivity contribution is 6.30. The summed E-state index contributed by atoms with van der Waals surface area (Å²) in [5.74, 6) is 0.285. The van der Waals surface area contributed by atoms with Gasteiger partial charge >= 0.3 is 0 Å². The normalized spacial score (nSPS) is 25.5. The number of rotatable bonds is 5. The molecule has 2 aliphatic rings. The summed E-state index contributed by atoms with van der Waals surface area (Å²) in [5.41, 5.74) is 1.44. The van der Waals surface area contributed by atoms with Crippen LogP contribution in [0.25, 0.3) is 0 Å². The maximum Gasteiger partial charge on any atom is 0.0687 e. The predicted octanol–water partition coefficient (Wildman–Crippen LogP) is 4.37. The van der Waals surface area contributed by atoms with Gasteiger partial charge < -0.3 is 9.84 Å². The van der Waals surface area contributed by atoms with Crippen LogP contribution in [0.2, 0.25) is 5.02 Å². The van der Waals surface area contributed by atoms with Crippen LogP contribution in [0.1, 0.15) is 50.5 Å². The maximum absolute atomic E-state index is 9.68. The van der Waals surface area contributed by atoms with Gasteiger partial charge in [0.15, 0.2) is 0 Å². The third-order valence-electron chi connectivity index (χ3n) is 5.15. The number of aliphatic hydroxyl groups excluding tert-OH is 1. The maximum atomic E-state index is 9.68. The van der Waals surface area contributed by atoms with Crippen molar-refractivity contribution in [1.29, 1.82) is 0 Å². The van der Waals surface area contributed by atoms with Crippen LogP contribution < -0.4 is 0 Å². The fraction of sp³-hybridized carbons (Fsp3) is 0.667. The Morgan fingerprint density at radius 3 is 2.57 bits per heavy atom. The molecule has 0 radical (unpaired) electrons. The zero-order valence-electron chi connectivity index (χ0n) is 12.6. The Morgan fingerprint density at radius 2 is 1.90 bits per heavy atom. The molecule has 1 heterocycles. The van der Waals surface area contributed by atoms with Gasteiger partial charge in [0.1, 0.15) is 0 Å². The van der Waals surface area contributed by atoms with E-state index in [0.717, 1.165) is 24.3 Å². The van der Waals surface area contributed by atoms with Crippen LogP contribution in [-0.2, 0) is 11.2 Å². The van der Waals surface area contributed by atoms with Crippen molar-refractivity contribution in [2.75, 3.05) is 6.61 Å². The summed E-state index contributed by atoms with van der Waals surface area (Å²) < 4.78 is 6.37. The summed E-state index contributed by atoms with van der Waals surface area (Å²) in [5, 5.41) is 10.4. The van der Waals surface area contributed by atoms with Gasteiger partial charge in [0.05, 0.1) is 11.7 Å². The van der Waals surface area contributed by atoms with Gasteiger partial charge in [-0.1, -0.05) is 36.6 Å². The average molecular weight is 309 g/mol. The number of aliphatic hydroxyl groups is 1. The third kappa shape index (κ3) is 3.80. The quantitative estimate of drug-likeness (QED) is 0.875. The highest BCUT2D eigenvalue weighted by Crippen LogP contribution is 2.44. The second-order valence-electron chi connectivity index (χ2n) is 6.78. The fourth-order valence-corrected chi connectivity index (χ4v) is 4.12. The lowest BCUT2D eigenvalue weighted by Gasteiger charge is -2.25. The van der Waals surface area contributed by atoms with Gasteiger partial charge in [0.25, 0.3) is 0 Å². The SMILES string of the molecule is OCC(Cc1ccc(Cl)cc1)CC1CCC2(CCCC2)O1. The molecule has 1 N–H and O–H groups in total. The van der Waals surface area contributed by atoms with Crippen molar-refractivity contribution in [2.24, 2.45) is 5.92 Å². The molecule has 3 rings (SSSR count). The number of hydrogen-bond acceptors (Lipinski definition) is 2. The van der Waals surface area contributed by atoms with E-state index in [1.807, 2.05) is 12.1 Å². The van der Waals surface area contributed by atoms with Crippen LogP contribution in [0, 0.1) is 5.92 Å². The van der Waals surface area contributed by atoms with Crippen molar-refractivity contribution < 1.29 is 9.84 Å². The molecule has 0 bridgehead atoms. The van der Waals surface area contributed by atoms with E-state index in [9.17, 15) is 5.11 Å². The molecule has 2 nitrogen and oxygen atoms in total. The molecular formula is C18H25ClO2. The first-order chi connectivity index (χ1) is 10.2. The minimum absolute atomic E-state index is 0.199. The first-order valence-electron chi connectivity index (χ1n) is 8.22. The van der Waals surface area contributed by atoms with Gasteiger partial charge in [-0.3, -0.25) is 0 Å². The molecule has 21 heavy (non-hydrogen) atoms. The van der Waals surface area contributed by atoms with E-state index in [2.05, 4.69) is 12.1 Å². The van der Waals surface area contributed by atoms with Gasteiger partial charge in [0.2, 0.25) is 0 Å². The molecule has 1 aliphatic heterocycles. The summed E-state index contributed by atoms with van der Waals surface area (Å²) in [6, 6.07) is 7.95. The average Bonchev–Trinajstić information content (AvgIpc) is 3.11. The second-order valence-corrected chi connectivity index (χ2v) is 7.22. The zero-order chi connectivity index (χ0) is 14.7. The van der Waals surface area contributed by atoms with Crippen molar-refractivity contribution in [3.05, 3.63) is 34.9 Å². The molecule has 2 fully saturated rings. The molecule has 0 aromatic heterocycles. The van der Waals surface area contributed by atoms with Crippen LogP contribution >= 0.6 is 11.6 Å². The van der Waals surface area contributed by atoms with E-state index in [1.165, 1.54) is 37.7 Å². The number of ether oxygens (including phenoxy) is 1. The molecule has 116 valence electrons. The van der Waals surface area contributed by atoms with E-state index in [1.54, 1.807) is 0 Å². The summed E-state index contributed by atoms with van der Waals surface area (Å²) >= 11 is 5.92. The van der Waals surface area contributed by atoms with Gasteiger partial charge in [0, 0.05) is 11.6 Å². The highest BCUT2D eigenvalue weighted by Gasteiger charge is 2.42. The van der Waals surface area contributed by atoms with Crippen LogP contribution in [-0.4, -0.2) is 23.4 Å². The largest absolute Gasteiger partial charge is 0.396 e. The molecule has 1 saturated carbocycles. The molecule has 2 atom stereocenters. The summed E-state index contributed by atoms with van der Waals surface area (Å²) in [4.78, 5) is 0. The van der Waals surface area contributed by atoms with E-state index in [-0.39, 0.29) is 18.1 Å². The molecule has 3 heteroatoms. The second kappa shape index (κ2) is 6.68. The minimum atomic E-state index is 0.199. The fourth-order valence-electron chi connectivity index (χ4n) is 4.00.